The van der Waals surface area contributed by atoms with E-state index in [0.717, 1.165) is 12.1 Å². The molecule has 7 nitrogen and oxygen atoms in total. The number of aromatic nitrogens is 1. The number of carbonyl (C=O) groups excluding carboxylic acids is 2. The molecule has 1 unspecified atom stereocenters. The molecule has 2 heterocycles. The van der Waals surface area contributed by atoms with E-state index in [0.29, 0.717) is 24.4 Å². The number of halogens is 1. The number of nitrogens with zero attached hydrogens (tertiary/aromatic N) is 2. The minimum atomic E-state index is -0.283. The maximum atomic E-state index is 12.7. The number of ether oxygens (including phenoxy) is 1. The molecule has 0 aliphatic carbocycles. The molecule has 0 spiro atoms. The Hall–Kier alpha value is -2.64. The van der Waals surface area contributed by atoms with Crippen molar-refractivity contribution in [2.75, 3.05) is 33.3 Å². The summed E-state index contributed by atoms with van der Waals surface area (Å²) < 4.78 is 5.08. The van der Waals surface area contributed by atoms with Crippen LogP contribution in [-0.2, 0) is 4.79 Å². The summed E-state index contributed by atoms with van der Waals surface area (Å²) in [6.07, 6.45) is 3.48. The second-order valence-electron chi connectivity index (χ2n) is 6.00. The molecule has 1 aliphatic rings. The van der Waals surface area contributed by atoms with E-state index in [1.165, 1.54) is 0 Å². The third-order valence-corrected chi connectivity index (χ3v) is 4.39. The Morgan fingerprint density at radius 1 is 1.30 bits per heavy atom. The molecular formula is C19H23ClN4O3. The lowest BCUT2D eigenvalue weighted by Gasteiger charge is -2.36. The maximum absolute atomic E-state index is 12.7. The number of hydrogen-bond acceptors (Lipinski definition) is 5. The molecule has 0 saturated carbocycles. The van der Waals surface area contributed by atoms with Gasteiger partial charge in [0, 0.05) is 37.6 Å². The van der Waals surface area contributed by atoms with Gasteiger partial charge in [-0.1, -0.05) is 6.07 Å². The molecule has 2 N–H and O–H groups in total. The van der Waals surface area contributed by atoms with E-state index in [-0.39, 0.29) is 36.8 Å². The fourth-order valence-corrected chi connectivity index (χ4v) is 2.98. The van der Waals surface area contributed by atoms with Gasteiger partial charge in [0.15, 0.2) is 0 Å². The molecule has 0 bridgehead atoms. The Morgan fingerprint density at radius 2 is 2.07 bits per heavy atom. The summed E-state index contributed by atoms with van der Waals surface area (Å²) in [6.45, 7) is 1.96. The van der Waals surface area contributed by atoms with Crippen molar-refractivity contribution in [3.63, 3.8) is 0 Å². The zero-order valence-electron chi connectivity index (χ0n) is 15.1. The van der Waals surface area contributed by atoms with Gasteiger partial charge < -0.3 is 20.3 Å². The van der Waals surface area contributed by atoms with Gasteiger partial charge in [-0.05, 0) is 35.9 Å². The van der Waals surface area contributed by atoms with Crippen LogP contribution in [0.1, 0.15) is 22.0 Å². The van der Waals surface area contributed by atoms with Gasteiger partial charge in [-0.15, -0.1) is 12.4 Å². The van der Waals surface area contributed by atoms with Gasteiger partial charge in [-0.3, -0.25) is 14.6 Å². The van der Waals surface area contributed by atoms with Crippen LogP contribution in [0.25, 0.3) is 0 Å². The molecule has 144 valence electrons. The van der Waals surface area contributed by atoms with Crippen molar-refractivity contribution in [1.29, 1.82) is 0 Å². The van der Waals surface area contributed by atoms with Crippen molar-refractivity contribution in [2.45, 2.75) is 6.04 Å². The SMILES string of the molecule is COc1ccc(C(=O)NCC(=O)N2CCNCC2c2cccnc2)cc1.Cl. The largest absolute Gasteiger partial charge is 0.497 e. The highest BCUT2D eigenvalue weighted by atomic mass is 35.5. The molecule has 1 aromatic carbocycles. The van der Waals surface area contributed by atoms with Crippen LogP contribution in [0.15, 0.2) is 48.8 Å². The number of nitrogens with one attached hydrogen (secondary N) is 2. The highest BCUT2D eigenvalue weighted by Crippen LogP contribution is 2.21. The third-order valence-electron chi connectivity index (χ3n) is 4.39. The fraction of sp³-hybridized carbons (Fsp3) is 0.316. The number of benzene rings is 1. The zero-order valence-corrected chi connectivity index (χ0v) is 15.9. The summed E-state index contributed by atoms with van der Waals surface area (Å²) in [6, 6.07) is 10.5. The van der Waals surface area contributed by atoms with Crippen LogP contribution in [0, 0.1) is 0 Å². The van der Waals surface area contributed by atoms with Crippen molar-refractivity contribution in [2.24, 2.45) is 0 Å². The van der Waals surface area contributed by atoms with Crippen LogP contribution < -0.4 is 15.4 Å². The summed E-state index contributed by atoms with van der Waals surface area (Å²) in [4.78, 5) is 30.8. The molecule has 0 radical (unpaired) electrons. The molecule has 1 saturated heterocycles. The van der Waals surface area contributed by atoms with E-state index in [9.17, 15) is 9.59 Å². The van der Waals surface area contributed by atoms with E-state index in [4.69, 9.17) is 4.74 Å². The van der Waals surface area contributed by atoms with Gasteiger partial charge in [0.05, 0.1) is 19.7 Å². The summed E-state index contributed by atoms with van der Waals surface area (Å²) >= 11 is 0. The topological polar surface area (TPSA) is 83.6 Å². The molecule has 8 heteroatoms. The van der Waals surface area contributed by atoms with E-state index in [1.54, 1.807) is 48.7 Å². The molecule has 2 amide bonds. The van der Waals surface area contributed by atoms with Gasteiger partial charge in [0.1, 0.15) is 5.75 Å². The molecule has 2 aromatic rings. The number of hydrogen-bond donors (Lipinski definition) is 2. The Balaban J connectivity index is 0.00000261. The van der Waals surface area contributed by atoms with Gasteiger partial charge in [-0.2, -0.15) is 0 Å². The number of pyridine rings is 1. The second-order valence-corrected chi connectivity index (χ2v) is 6.00. The van der Waals surface area contributed by atoms with E-state index in [1.807, 2.05) is 12.1 Å². The Bertz CT molecular complexity index is 755. The lowest BCUT2D eigenvalue weighted by molar-refractivity contribution is -0.133. The summed E-state index contributed by atoms with van der Waals surface area (Å²) in [7, 11) is 1.57. The predicted octanol–water partition coefficient (Wildman–Crippen LogP) is 1.41. The van der Waals surface area contributed by atoms with Crippen molar-refractivity contribution < 1.29 is 14.3 Å². The molecule has 27 heavy (non-hydrogen) atoms. The van der Waals surface area contributed by atoms with Crippen LogP contribution in [0.3, 0.4) is 0 Å². The van der Waals surface area contributed by atoms with Crippen molar-refractivity contribution in [1.82, 2.24) is 20.5 Å². The van der Waals surface area contributed by atoms with Crippen LogP contribution in [-0.4, -0.2) is 55.0 Å². The average Bonchev–Trinajstić information content (AvgIpc) is 2.72. The molecule has 1 fully saturated rings. The van der Waals surface area contributed by atoms with E-state index < -0.39 is 0 Å². The average molecular weight is 391 g/mol. The molecule has 3 rings (SSSR count). The first kappa shape index (κ1) is 20.7. The second kappa shape index (κ2) is 9.89. The molecular weight excluding hydrogens is 368 g/mol. The van der Waals surface area contributed by atoms with Crippen molar-refractivity contribution in [3.05, 3.63) is 59.9 Å². The third kappa shape index (κ3) is 5.18. The van der Waals surface area contributed by atoms with Gasteiger partial charge >= 0.3 is 0 Å². The van der Waals surface area contributed by atoms with Crippen molar-refractivity contribution >= 4 is 24.2 Å². The maximum Gasteiger partial charge on any atom is 0.251 e. The Kier molecular flexibility index (Phi) is 7.57. The lowest BCUT2D eigenvalue weighted by Crippen LogP contribution is -2.51. The first-order chi connectivity index (χ1) is 12.7. The highest BCUT2D eigenvalue weighted by Gasteiger charge is 2.28. The number of methoxy groups -OCH3 is 1. The first-order valence-corrected chi connectivity index (χ1v) is 8.51. The zero-order chi connectivity index (χ0) is 18.4. The minimum Gasteiger partial charge on any atom is -0.497 e. The van der Waals surface area contributed by atoms with Crippen LogP contribution in [0.5, 0.6) is 5.75 Å². The summed E-state index contributed by atoms with van der Waals surface area (Å²) in [5.74, 6) is 0.286. The summed E-state index contributed by atoms with van der Waals surface area (Å²) in [5.41, 5.74) is 1.47. The van der Waals surface area contributed by atoms with Crippen molar-refractivity contribution in [3.8, 4) is 5.75 Å². The monoisotopic (exact) mass is 390 g/mol. The number of carbonyl (C=O) groups is 2. The number of rotatable bonds is 5. The van der Waals surface area contributed by atoms with Crippen LogP contribution >= 0.6 is 12.4 Å². The number of piperazine rings is 1. The number of amides is 2. The predicted molar refractivity (Wildman–Crippen MR) is 104 cm³/mol. The Morgan fingerprint density at radius 3 is 2.74 bits per heavy atom. The molecule has 1 aromatic heterocycles. The lowest BCUT2D eigenvalue weighted by atomic mass is 10.1. The fourth-order valence-electron chi connectivity index (χ4n) is 2.98. The van der Waals surface area contributed by atoms with Gasteiger partial charge in [0.25, 0.3) is 5.91 Å². The smallest absolute Gasteiger partial charge is 0.251 e. The minimum absolute atomic E-state index is 0. The first-order valence-electron chi connectivity index (χ1n) is 8.51. The Labute approximate surface area is 164 Å². The van der Waals surface area contributed by atoms with Gasteiger partial charge in [0.2, 0.25) is 5.91 Å². The quantitative estimate of drug-likeness (QED) is 0.806. The van der Waals surface area contributed by atoms with Gasteiger partial charge in [-0.25, -0.2) is 0 Å². The molecule has 1 atom stereocenters. The van der Waals surface area contributed by atoms with Crippen LogP contribution in [0.2, 0.25) is 0 Å². The summed E-state index contributed by atoms with van der Waals surface area (Å²) in [5, 5.41) is 6.00. The van der Waals surface area contributed by atoms with Crippen LogP contribution in [0.4, 0.5) is 0 Å². The normalized spacial score (nSPS) is 16.2. The van der Waals surface area contributed by atoms with E-state index in [2.05, 4.69) is 15.6 Å². The molecule has 1 aliphatic heterocycles. The van der Waals surface area contributed by atoms with E-state index >= 15 is 0 Å². The standard InChI is InChI=1S/C19H22N4O3.ClH/c1-26-16-6-4-14(5-7-16)19(25)22-13-18(24)23-10-9-21-12-17(23)15-3-2-8-20-11-15;/h2-8,11,17,21H,9-10,12-13H2,1H3,(H,22,25);1H. The highest BCUT2D eigenvalue weighted by molar-refractivity contribution is 5.96.